The molecule has 1 amide bonds. The Hall–Kier alpha value is -2.71. The molecule has 1 aromatic carbocycles. The molecule has 0 saturated heterocycles. The minimum Gasteiger partial charge on any atom is -0.320 e. The Bertz CT molecular complexity index is 1090. The van der Waals surface area contributed by atoms with Gasteiger partial charge in [0.1, 0.15) is 11.4 Å². The quantitative estimate of drug-likeness (QED) is 0.536. The Balaban J connectivity index is 1.71. The molecule has 0 fully saturated rings. The maximum atomic E-state index is 12.4. The molecule has 4 rings (SSSR count). The molecule has 6 nitrogen and oxygen atoms in total. The van der Waals surface area contributed by atoms with Gasteiger partial charge >= 0.3 is 0 Å². The van der Waals surface area contributed by atoms with Crippen molar-refractivity contribution in [3.63, 3.8) is 0 Å². The molecule has 1 N–H and O–H groups in total. The normalized spacial score (nSPS) is 11.0. The van der Waals surface area contributed by atoms with Gasteiger partial charge in [0.25, 0.3) is 11.7 Å². The summed E-state index contributed by atoms with van der Waals surface area (Å²) in [6, 6.07) is 11.4. The van der Waals surface area contributed by atoms with Gasteiger partial charge < -0.3 is 5.32 Å². The van der Waals surface area contributed by atoms with Crippen LogP contribution in [0.25, 0.3) is 5.78 Å². The van der Waals surface area contributed by atoms with E-state index in [1.807, 2.05) is 55.6 Å². The van der Waals surface area contributed by atoms with E-state index in [0.29, 0.717) is 10.7 Å². The fourth-order valence-corrected chi connectivity index (χ4v) is 4.20. The molecule has 130 valence electrons. The Morgan fingerprint density at radius 3 is 2.85 bits per heavy atom. The number of nitrogens with zero attached hydrogens (tertiary/aromatic N) is 4. The minimum atomic E-state index is -0.110. The first-order valence-corrected chi connectivity index (χ1v) is 9.62. The van der Waals surface area contributed by atoms with E-state index in [-0.39, 0.29) is 5.91 Å². The van der Waals surface area contributed by atoms with Crippen LogP contribution in [0.15, 0.2) is 58.0 Å². The van der Waals surface area contributed by atoms with Gasteiger partial charge in [0.15, 0.2) is 0 Å². The summed E-state index contributed by atoms with van der Waals surface area (Å²) >= 11 is 2.96. The molecule has 3 aromatic heterocycles. The highest BCUT2D eigenvalue weighted by Crippen LogP contribution is 2.35. The second kappa shape index (κ2) is 6.89. The first-order valence-electron chi connectivity index (χ1n) is 7.92. The number of benzene rings is 1. The molecule has 0 aliphatic heterocycles. The van der Waals surface area contributed by atoms with Crippen LogP contribution in [0.2, 0.25) is 0 Å². The van der Waals surface area contributed by atoms with E-state index >= 15 is 0 Å². The van der Waals surface area contributed by atoms with E-state index < -0.39 is 0 Å². The molecule has 0 radical (unpaired) electrons. The van der Waals surface area contributed by atoms with Crippen LogP contribution in [0.1, 0.15) is 20.9 Å². The monoisotopic (exact) mass is 381 g/mol. The highest BCUT2D eigenvalue weighted by atomic mass is 32.2. The molecule has 0 atom stereocenters. The number of aryl methyl sites for hydroxylation is 1. The molecule has 4 aromatic rings. The fraction of sp³-hybridized carbons (Fsp3) is 0.111. The molecule has 0 bridgehead atoms. The van der Waals surface area contributed by atoms with Crippen molar-refractivity contribution >= 4 is 40.5 Å². The standard InChI is InChI=1S/C18H15N5OS2/c1-11-12(2)21-18-19-10-20-23(18)17(11)26-14-7-4-3-6-13(14)22-16(24)15-8-5-9-25-15/h3-10H,1-2H3,(H,22,24). The number of amides is 1. The van der Waals surface area contributed by atoms with Gasteiger partial charge in [-0.2, -0.15) is 14.6 Å². The van der Waals surface area contributed by atoms with E-state index in [9.17, 15) is 4.79 Å². The van der Waals surface area contributed by atoms with Gasteiger partial charge in [-0.1, -0.05) is 30.0 Å². The molecule has 3 heterocycles. The zero-order chi connectivity index (χ0) is 18.1. The third-order valence-electron chi connectivity index (χ3n) is 3.94. The van der Waals surface area contributed by atoms with Crippen molar-refractivity contribution < 1.29 is 4.79 Å². The Morgan fingerprint density at radius 2 is 2.04 bits per heavy atom. The second-order valence-electron chi connectivity index (χ2n) is 5.63. The lowest BCUT2D eigenvalue weighted by molar-refractivity contribution is 0.103. The summed E-state index contributed by atoms with van der Waals surface area (Å²) in [5, 5.41) is 10.1. The lowest BCUT2D eigenvalue weighted by Crippen LogP contribution is -2.11. The van der Waals surface area contributed by atoms with Crippen LogP contribution in [0.5, 0.6) is 0 Å². The second-order valence-corrected chi connectivity index (χ2v) is 7.61. The number of hydrogen-bond acceptors (Lipinski definition) is 6. The van der Waals surface area contributed by atoms with Crippen LogP contribution >= 0.6 is 23.1 Å². The number of anilines is 1. The first kappa shape index (κ1) is 16.7. The number of fused-ring (bicyclic) bond motifs is 1. The number of carbonyl (C=O) groups is 1. The van der Waals surface area contributed by atoms with Crippen LogP contribution < -0.4 is 5.32 Å². The van der Waals surface area contributed by atoms with Crippen molar-refractivity contribution in [2.45, 2.75) is 23.8 Å². The summed E-state index contributed by atoms with van der Waals surface area (Å²) < 4.78 is 1.73. The number of carbonyl (C=O) groups excluding carboxylic acids is 1. The van der Waals surface area contributed by atoms with Crippen molar-refractivity contribution in [1.29, 1.82) is 0 Å². The molecule has 0 spiro atoms. The van der Waals surface area contributed by atoms with Gasteiger partial charge in [0.2, 0.25) is 0 Å². The maximum Gasteiger partial charge on any atom is 0.265 e. The summed E-state index contributed by atoms with van der Waals surface area (Å²) in [6.07, 6.45) is 1.50. The average Bonchev–Trinajstić information content (AvgIpc) is 3.31. The molecule has 0 aliphatic rings. The molecule has 8 heteroatoms. The van der Waals surface area contributed by atoms with Crippen molar-refractivity contribution in [2.24, 2.45) is 0 Å². The van der Waals surface area contributed by atoms with Crippen molar-refractivity contribution in [2.75, 3.05) is 5.32 Å². The molecule has 0 aliphatic carbocycles. The fourth-order valence-electron chi connectivity index (χ4n) is 2.48. The van der Waals surface area contributed by atoms with Gasteiger partial charge in [-0.25, -0.2) is 4.98 Å². The highest BCUT2D eigenvalue weighted by Gasteiger charge is 2.16. The molecule has 0 saturated carbocycles. The van der Waals surface area contributed by atoms with Gasteiger partial charge in [0.05, 0.1) is 10.6 Å². The van der Waals surface area contributed by atoms with Crippen LogP contribution in [-0.2, 0) is 0 Å². The van der Waals surface area contributed by atoms with Crippen LogP contribution in [0, 0.1) is 13.8 Å². The highest BCUT2D eigenvalue weighted by molar-refractivity contribution is 7.99. The number of aromatic nitrogens is 4. The topological polar surface area (TPSA) is 72.2 Å². The van der Waals surface area contributed by atoms with Crippen molar-refractivity contribution in [3.8, 4) is 0 Å². The Kier molecular flexibility index (Phi) is 4.44. The third-order valence-corrected chi connectivity index (χ3v) is 6.06. The lowest BCUT2D eigenvalue weighted by atomic mass is 10.3. The smallest absolute Gasteiger partial charge is 0.265 e. The summed E-state index contributed by atoms with van der Waals surface area (Å²) in [7, 11) is 0. The summed E-state index contributed by atoms with van der Waals surface area (Å²) in [5.74, 6) is 0.456. The largest absolute Gasteiger partial charge is 0.320 e. The average molecular weight is 381 g/mol. The maximum absolute atomic E-state index is 12.4. The molecule has 26 heavy (non-hydrogen) atoms. The van der Waals surface area contributed by atoms with Crippen LogP contribution in [0.3, 0.4) is 0 Å². The summed E-state index contributed by atoms with van der Waals surface area (Å²) in [4.78, 5) is 22.7. The molecular weight excluding hydrogens is 366 g/mol. The van der Waals surface area contributed by atoms with Gasteiger partial charge in [-0.05, 0) is 37.4 Å². The van der Waals surface area contributed by atoms with Crippen LogP contribution in [-0.4, -0.2) is 25.5 Å². The van der Waals surface area contributed by atoms with Crippen molar-refractivity contribution in [1.82, 2.24) is 19.6 Å². The van der Waals surface area contributed by atoms with E-state index in [1.54, 1.807) is 4.52 Å². The third kappa shape index (κ3) is 3.09. The van der Waals surface area contributed by atoms with E-state index in [2.05, 4.69) is 20.4 Å². The number of nitrogens with one attached hydrogen (secondary N) is 1. The zero-order valence-corrected chi connectivity index (χ0v) is 15.8. The minimum absolute atomic E-state index is 0.110. The lowest BCUT2D eigenvalue weighted by Gasteiger charge is -2.13. The van der Waals surface area contributed by atoms with E-state index in [4.69, 9.17) is 0 Å². The summed E-state index contributed by atoms with van der Waals surface area (Å²) in [6.45, 7) is 3.97. The summed E-state index contributed by atoms with van der Waals surface area (Å²) in [5.41, 5.74) is 2.71. The number of rotatable bonds is 4. The molecule has 0 unspecified atom stereocenters. The van der Waals surface area contributed by atoms with E-state index in [0.717, 1.165) is 26.9 Å². The Labute approximate surface area is 158 Å². The van der Waals surface area contributed by atoms with E-state index in [1.165, 1.54) is 29.4 Å². The van der Waals surface area contributed by atoms with Crippen molar-refractivity contribution in [3.05, 3.63) is 64.2 Å². The SMILES string of the molecule is Cc1nc2ncnn2c(Sc2ccccc2NC(=O)c2cccs2)c1C. The van der Waals surface area contributed by atoms with Gasteiger partial charge in [0, 0.05) is 16.2 Å². The Morgan fingerprint density at radius 1 is 1.19 bits per heavy atom. The predicted octanol–water partition coefficient (Wildman–Crippen LogP) is 4.21. The predicted molar refractivity (Wildman–Crippen MR) is 103 cm³/mol. The first-order chi connectivity index (χ1) is 12.6. The van der Waals surface area contributed by atoms with Crippen LogP contribution in [0.4, 0.5) is 5.69 Å². The number of para-hydroxylation sites is 1. The number of thiophene rings is 1. The van der Waals surface area contributed by atoms with Gasteiger partial charge in [-0.15, -0.1) is 11.3 Å². The zero-order valence-electron chi connectivity index (χ0n) is 14.1. The molecular formula is C18H15N5OS2. The number of hydrogen-bond donors (Lipinski definition) is 1. The van der Waals surface area contributed by atoms with Gasteiger partial charge in [-0.3, -0.25) is 4.79 Å².